The van der Waals surface area contributed by atoms with E-state index in [4.69, 9.17) is 5.73 Å². The Hall–Kier alpha value is -0.0800. The van der Waals surface area contributed by atoms with E-state index in [2.05, 4.69) is 18.7 Å². The molecule has 18 heavy (non-hydrogen) atoms. The highest BCUT2D eigenvalue weighted by Crippen LogP contribution is 2.40. The summed E-state index contributed by atoms with van der Waals surface area (Å²) in [4.78, 5) is 2.81. The zero-order valence-corrected chi connectivity index (χ0v) is 12.1. The van der Waals surface area contributed by atoms with Crippen molar-refractivity contribution in [1.29, 1.82) is 0 Å². The minimum Gasteiger partial charge on any atom is -0.327 e. The fraction of sp³-hybridized carbons (Fsp3) is 1.00. The molecule has 0 amide bonds. The first-order chi connectivity index (χ1) is 8.65. The average Bonchev–Trinajstić information content (AvgIpc) is 2.78. The van der Waals surface area contributed by atoms with Crippen LogP contribution in [0.15, 0.2) is 0 Å². The zero-order valence-electron chi connectivity index (χ0n) is 12.1. The predicted octanol–water partition coefficient (Wildman–Crippen LogP) is 2.87. The van der Waals surface area contributed by atoms with E-state index in [1.54, 1.807) is 0 Å². The normalized spacial score (nSPS) is 50.2. The first kappa shape index (κ1) is 12.9. The molecule has 6 unspecified atom stereocenters. The van der Waals surface area contributed by atoms with E-state index in [-0.39, 0.29) is 0 Å². The highest BCUT2D eigenvalue weighted by Gasteiger charge is 2.41. The monoisotopic (exact) mass is 250 g/mol. The molecule has 3 rings (SSSR count). The topological polar surface area (TPSA) is 29.3 Å². The average molecular weight is 250 g/mol. The van der Waals surface area contributed by atoms with Crippen LogP contribution in [0.25, 0.3) is 0 Å². The molecule has 0 spiro atoms. The maximum absolute atomic E-state index is 6.33. The zero-order chi connectivity index (χ0) is 12.7. The van der Waals surface area contributed by atoms with Gasteiger partial charge >= 0.3 is 0 Å². The third kappa shape index (κ3) is 2.34. The highest BCUT2D eigenvalue weighted by molar-refractivity contribution is 4.96. The van der Waals surface area contributed by atoms with Crippen LogP contribution in [0.2, 0.25) is 0 Å². The molecule has 0 aromatic rings. The second-order valence-electron chi connectivity index (χ2n) is 7.39. The van der Waals surface area contributed by atoms with Crippen molar-refractivity contribution in [3.05, 3.63) is 0 Å². The maximum atomic E-state index is 6.33. The van der Waals surface area contributed by atoms with Crippen LogP contribution in [0.4, 0.5) is 0 Å². The van der Waals surface area contributed by atoms with Crippen molar-refractivity contribution in [2.45, 2.75) is 64.5 Å². The minimum absolute atomic E-state index is 0.494. The van der Waals surface area contributed by atoms with Gasteiger partial charge in [-0.05, 0) is 55.8 Å². The second kappa shape index (κ2) is 5.13. The van der Waals surface area contributed by atoms with Gasteiger partial charge in [0.25, 0.3) is 0 Å². The van der Waals surface area contributed by atoms with E-state index in [1.807, 2.05) is 0 Å². The second-order valence-corrected chi connectivity index (χ2v) is 7.39. The summed E-state index contributed by atoms with van der Waals surface area (Å²) in [5, 5.41) is 0. The Bertz CT molecular complexity index is 291. The first-order valence-electron chi connectivity index (χ1n) is 8.14. The van der Waals surface area contributed by atoms with Crippen molar-refractivity contribution < 1.29 is 0 Å². The molecule has 0 radical (unpaired) electrons. The Labute approximate surface area is 112 Å². The van der Waals surface area contributed by atoms with Crippen molar-refractivity contribution >= 4 is 0 Å². The largest absolute Gasteiger partial charge is 0.327 e. The number of hydrogen-bond acceptors (Lipinski definition) is 2. The van der Waals surface area contributed by atoms with E-state index < -0.39 is 0 Å². The molecule has 0 bridgehead atoms. The number of nitrogens with two attached hydrogens (primary N) is 1. The first-order valence-corrected chi connectivity index (χ1v) is 8.14. The van der Waals surface area contributed by atoms with Crippen molar-refractivity contribution in [2.75, 3.05) is 13.1 Å². The Morgan fingerprint density at radius 3 is 2.50 bits per heavy atom. The fourth-order valence-electron chi connectivity index (χ4n) is 4.70. The summed E-state index contributed by atoms with van der Waals surface area (Å²) in [6, 6.07) is 1.36. The van der Waals surface area contributed by atoms with Gasteiger partial charge in [0, 0.05) is 25.2 Å². The van der Waals surface area contributed by atoms with Crippen LogP contribution < -0.4 is 5.73 Å². The maximum Gasteiger partial charge on any atom is 0.00982 e. The van der Waals surface area contributed by atoms with Gasteiger partial charge in [0.15, 0.2) is 0 Å². The number of rotatable bonds is 1. The molecule has 6 atom stereocenters. The smallest absolute Gasteiger partial charge is 0.00982 e. The summed E-state index contributed by atoms with van der Waals surface area (Å²) in [6.07, 6.45) is 8.37. The number of fused-ring (bicyclic) bond motifs is 1. The van der Waals surface area contributed by atoms with Gasteiger partial charge in [-0.15, -0.1) is 0 Å². The molecule has 1 aliphatic heterocycles. The summed E-state index contributed by atoms with van der Waals surface area (Å²) in [7, 11) is 0. The minimum atomic E-state index is 0.494. The molecule has 3 fully saturated rings. The molecular weight excluding hydrogens is 220 g/mol. The van der Waals surface area contributed by atoms with Crippen molar-refractivity contribution in [2.24, 2.45) is 29.4 Å². The molecule has 2 N–H and O–H groups in total. The van der Waals surface area contributed by atoms with Gasteiger partial charge in [-0.1, -0.05) is 20.3 Å². The van der Waals surface area contributed by atoms with Gasteiger partial charge < -0.3 is 5.73 Å². The summed E-state index contributed by atoms with van der Waals surface area (Å²) in [5.74, 6) is 3.59. The molecular formula is C16H30N2. The van der Waals surface area contributed by atoms with Crippen LogP contribution in [0.3, 0.4) is 0 Å². The van der Waals surface area contributed by atoms with Crippen molar-refractivity contribution in [1.82, 2.24) is 4.90 Å². The third-order valence-corrected chi connectivity index (χ3v) is 6.27. The molecule has 1 saturated heterocycles. The fourth-order valence-corrected chi connectivity index (χ4v) is 4.70. The Morgan fingerprint density at radius 2 is 1.78 bits per heavy atom. The molecule has 0 aromatic heterocycles. The summed E-state index contributed by atoms with van der Waals surface area (Å²) in [5.41, 5.74) is 6.33. The molecule has 2 aliphatic carbocycles. The van der Waals surface area contributed by atoms with Gasteiger partial charge in [0.05, 0.1) is 0 Å². The molecule has 104 valence electrons. The Balaban J connectivity index is 1.61. The molecule has 2 nitrogen and oxygen atoms in total. The summed E-state index contributed by atoms with van der Waals surface area (Å²) < 4.78 is 0. The van der Waals surface area contributed by atoms with E-state index in [0.717, 1.165) is 29.7 Å². The number of nitrogens with zero attached hydrogens (tertiary/aromatic N) is 1. The SMILES string of the molecule is CC1CCC(N2CC3CCCC(N)C3C2)CC1C. The van der Waals surface area contributed by atoms with Gasteiger partial charge in [-0.2, -0.15) is 0 Å². The predicted molar refractivity (Wildman–Crippen MR) is 76.3 cm³/mol. The molecule has 2 heteroatoms. The molecule has 2 saturated carbocycles. The Morgan fingerprint density at radius 1 is 0.944 bits per heavy atom. The quantitative estimate of drug-likeness (QED) is 0.775. The lowest BCUT2D eigenvalue weighted by atomic mass is 9.78. The van der Waals surface area contributed by atoms with Gasteiger partial charge in [-0.3, -0.25) is 4.90 Å². The van der Waals surface area contributed by atoms with Gasteiger partial charge in [0.1, 0.15) is 0 Å². The third-order valence-electron chi connectivity index (χ3n) is 6.27. The molecule has 0 aromatic carbocycles. The standard InChI is InChI=1S/C16H30N2/c1-11-6-7-14(8-12(11)2)18-9-13-4-3-5-16(17)15(13)10-18/h11-16H,3-10,17H2,1-2H3. The highest BCUT2D eigenvalue weighted by atomic mass is 15.2. The van der Waals surface area contributed by atoms with Gasteiger partial charge in [0.2, 0.25) is 0 Å². The lowest BCUT2D eigenvalue weighted by Gasteiger charge is -2.37. The van der Waals surface area contributed by atoms with E-state index in [0.29, 0.717) is 6.04 Å². The van der Waals surface area contributed by atoms with Crippen LogP contribution in [0.5, 0.6) is 0 Å². The molecule has 1 heterocycles. The number of hydrogen-bond donors (Lipinski definition) is 1. The van der Waals surface area contributed by atoms with E-state index in [9.17, 15) is 0 Å². The molecule has 3 aliphatic rings. The number of likely N-dealkylation sites (tertiary alicyclic amines) is 1. The van der Waals surface area contributed by atoms with Crippen molar-refractivity contribution in [3.63, 3.8) is 0 Å². The van der Waals surface area contributed by atoms with Crippen molar-refractivity contribution in [3.8, 4) is 0 Å². The van der Waals surface area contributed by atoms with E-state index in [1.165, 1.54) is 51.6 Å². The van der Waals surface area contributed by atoms with Crippen LogP contribution in [0, 0.1) is 23.7 Å². The van der Waals surface area contributed by atoms with Crippen LogP contribution in [-0.2, 0) is 0 Å². The van der Waals surface area contributed by atoms with Crippen LogP contribution in [-0.4, -0.2) is 30.1 Å². The van der Waals surface area contributed by atoms with Gasteiger partial charge in [-0.25, -0.2) is 0 Å². The lowest BCUT2D eigenvalue weighted by molar-refractivity contribution is 0.125. The Kier molecular flexibility index (Phi) is 3.68. The van der Waals surface area contributed by atoms with Crippen LogP contribution >= 0.6 is 0 Å². The van der Waals surface area contributed by atoms with Crippen LogP contribution in [0.1, 0.15) is 52.4 Å². The lowest BCUT2D eigenvalue weighted by Crippen LogP contribution is -2.40. The van der Waals surface area contributed by atoms with E-state index >= 15 is 0 Å². The summed E-state index contributed by atoms with van der Waals surface area (Å²) >= 11 is 0. The summed E-state index contributed by atoms with van der Waals surface area (Å²) in [6.45, 7) is 7.54.